The normalized spacial score (nSPS) is 16.9. The first kappa shape index (κ1) is 21.1. The van der Waals surface area contributed by atoms with Crippen molar-refractivity contribution in [1.29, 1.82) is 0 Å². The Morgan fingerprint density at radius 3 is 2.42 bits per heavy atom. The number of thioether (sulfide) groups is 1. The highest BCUT2D eigenvalue weighted by atomic mass is 32.2. The Hall–Kier alpha value is -1.21. The first-order valence-electron chi connectivity index (χ1n) is 9.24. The van der Waals surface area contributed by atoms with Gasteiger partial charge in [0.1, 0.15) is 6.04 Å². The maximum Gasteiger partial charge on any atom is 0.243 e. The zero-order chi connectivity index (χ0) is 19.2. The molecule has 0 unspecified atom stereocenters. The summed E-state index contributed by atoms with van der Waals surface area (Å²) in [5.41, 5.74) is 1.55. The van der Waals surface area contributed by atoms with Gasteiger partial charge in [-0.2, -0.15) is 11.8 Å². The summed E-state index contributed by atoms with van der Waals surface area (Å²) in [5.74, 6) is 0.604. The number of hydrogen-bond donors (Lipinski definition) is 1. The minimum absolute atomic E-state index is 0.264. The van der Waals surface area contributed by atoms with E-state index in [0.717, 1.165) is 17.6 Å². The Balaban J connectivity index is 1.91. The van der Waals surface area contributed by atoms with Crippen LogP contribution in [0.2, 0.25) is 0 Å². The summed E-state index contributed by atoms with van der Waals surface area (Å²) >= 11 is 1.92. The Morgan fingerprint density at radius 1 is 1.23 bits per heavy atom. The van der Waals surface area contributed by atoms with Gasteiger partial charge in [0.25, 0.3) is 0 Å². The lowest BCUT2D eigenvalue weighted by Gasteiger charge is -2.28. The van der Waals surface area contributed by atoms with Gasteiger partial charge >= 0.3 is 0 Å². The molecule has 146 valence electrons. The molecule has 26 heavy (non-hydrogen) atoms. The molecule has 1 aromatic carbocycles. The third-order valence-corrected chi connectivity index (χ3v) is 7.31. The maximum absolute atomic E-state index is 12.5. The number of hydrogen-bond acceptors (Lipinski definition) is 4. The van der Waals surface area contributed by atoms with Crippen LogP contribution < -0.4 is 9.62 Å². The Kier molecular flexibility index (Phi) is 7.83. The molecule has 1 fully saturated rings. The van der Waals surface area contributed by atoms with Crippen LogP contribution >= 0.6 is 11.8 Å². The van der Waals surface area contributed by atoms with Crippen LogP contribution in [-0.4, -0.2) is 44.2 Å². The summed E-state index contributed by atoms with van der Waals surface area (Å²) in [5, 5.41) is 3.60. The number of nitrogens with one attached hydrogen (secondary N) is 1. The largest absolute Gasteiger partial charge is 0.353 e. The predicted octanol–water partition coefficient (Wildman–Crippen LogP) is 3.33. The fourth-order valence-corrected chi connectivity index (χ4v) is 5.67. The second-order valence-electron chi connectivity index (χ2n) is 6.99. The molecule has 0 heterocycles. The summed E-state index contributed by atoms with van der Waals surface area (Å²) in [6.45, 7) is 4.13. The third kappa shape index (κ3) is 6.20. The summed E-state index contributed by atoms with van der Waals surface area (Å²) in [6, 6.07) is 6.38. The van der Waals surface area contributed by atoms with Gasteiger partial charge in [-0.15, -0.1) is 0 Å². The number of nitrogens with zero attached hydrogens (tertiary/aromatic N) is 1. The molecule has 0 aliphatic heterocycles. The van der Waals surface area contributed by atoms with Gasteiger partial charge in [-0.05, 0) is 38.8 Å². The highest BCUT2D eigenvalue weighted by molar-refractivity contribution is 7.99. The first-order valence-corrected chi connectivity index (χ1v) is 12.1. The summed E-state index contributed by atoms with van der Waals surface area (Å²) < 4.78 is 25.7. The van der Waals surface area contributed by atoms with E-state index in [1.165, 1.54) is 36.4 Å². The summed E-state index contributed by atoms with van der Waals surface area (Å²) in [6.07, 6.45) is 7.62. The Labute approximate surface area is 162 Å². The van der Waals surface area contributed by atoms with Crippen molar-refractivity contribution >= 4 is 33.4 Å². The van der Waals surface area contributed by atoms with Gasteiger partial charge in [-0.3, -0.25) is 9.10 Å². The molecule has 0 aromatic heterocycles. The molecule has 1 N–H and O–H groups in total. The summed E-state index contributed by atoms with van der Waals surface area (Å²) in [7, 11) is -3.56. The van der Waals surface area contributed by atoms with E-state index >= 15 is 0 Å². The predicted molar refractivity (Wildman–Crippen MR) is 110 cm³/mol. The molecule has 1 aliphatic carbocycles. The number of amides is 1. The average Bonchev–Trinajstić information content (AvgIpc) is 2.60. The third-order valence-electron chi connectivity index (χ3n) is 4.68. The van der Waals surface area contributed by atoms with Gasteiger partial charge < -0.3 is 5.32 Å². The lowest BCUT2D eigenvalue weighted by atomic mass is 10.0. The van der Waals surface area contributed by atoms with Crippen molar-refractivity contribution < 1.29 is 13.2 Å². The number of benzene rings is 1. The van der Waals surface area contributed by atoms with Crippen LogP contribution in [0.4, 0.5) is 5.69 Å². The lowest BCUT2D eigenvalue weighted by Crippen LogP contribution is -2.48. The first-order chi connectivity index (χ1) is 12.3. The van der Waals surface area contributed by atoms with Crippen LogP contribution in [0.3, 0.4) is 0 Å². The fourth-order valence-electron chi connectivity index (χ4n) is 3.28. The van der Waals surface area contributed by atoms with Gasteiger partial charge in [0.05, 0.1) is 11.9 Å². The van der Waals surface area contributed by atoms with Crippen molar-refractivity contribution in [2.45, 2.75) is 57.2 Å². The second-order valence-corrected chi connectivity index (χ2v) is 10.3. The van der Waals surface area contributed by atoms with Gasteiger partial charge in [0.15, 0.2) is 0 Å². The summed E-state index contributed by atoms with van der Waals surface area (Å²) in [4.78, 5) is 12.5. The number of carbonyl (C=O) groups is 1. The molecule has 5 nitrogen and oxygen atoms in total. The molecule has 1 saturated carbocycles. The van der Waals surface area contributed by atoms with Crippen molar-refractivity contribution in [1.82, 2.24) is 5.32 Å². The zero-order valence-corrected chi connectivity index (χ0v) is 17.5. The standard InChI is InChI=1S/C19H30N2O3S2/c1-15-9-11-17(12-10-15)21(26(3,23)24)16(2)19(22)20-13-14-25-18-7-5-4-6-8-18/h9-12,16,18H,4-8,13-14H2,1-3H3,(H,20,22)/t16-/m1/s1. The van der Waals surface area contributed by atoms with Crippen LogP contribution in [0.25, 0.3) is 0 Å². The number of anilines is 1. The van der Waals surface area contributed by atoms with Crippen LogP contribution in [0.15, 0.2) is 24.3 Å². The van der Waals surface area contributed by atoms with E-state index < -0.39 is 16.1 Å². The molecule has 1 amide bonds. The molecule has 7 heteroatoms. The molecular weight excluding hydrogens is 368 g/mol. The number of aryl methyl sites for hydroxylation is 1. The minimum atomic E-state index is -3.56. The zero-order valence-electron chi connectivity index (χ0n) is 15.9. The van der Waals surface area contributed by atoms with Crippen molar-refractivity contribution in [3.63, 3.8) is 0 Å². The quantitative estimate of drug-likeness (QED) is 0.682. The maximum atomic E-state index is 12.5. The van der Waals surface area contributed by atoms with E-state index in [9.17, 15) is 13.2 Å². The fraction of sp³-hybridized carbons (Fsp3) is 0.632. The SMILES string of the molecule is Cc1ccc(N([C@H](C)C(=O)NCCSC2CCCCC2)S(C)(=O)=O)cc1. The molecule has 1 aromatic rings. The minimum Gasteiger partial charge on any atom is -0.353 e. The van der Waals surface area contributed by atoms with Crippen molar-refractivity contribution in [2.75, 3.05) is 22.9 Å². The highest BCUT2D eigenvalue weighted by Crippen LogP contribution is 2.27. The number of rotatable bonds is 8. The van der Waals surface area contributed by atoms with Gasteiger partial charge in [-0.25, -0.2) is 8.42 Å². The monoisotopic (exact) mass is 398 g/mol. The smallest absolute Gasteiger partial charge is 0.243 e. The molecule has 0 radical (unpaired) electrons. The van der Waals surface area contributed by atoms with E-state index in [2.05, 4.69) is 5.32 Å². The lowest BCUT2D eigenvalue weighted by molar-refractivity contribution is -0.121. The van der Waals surface area contributed by atoms with E-state index in [1.54, 1.807) is 19.1 Å². The molecular formula is C19H30N2O3S2. The molecule has 1 aliphatic rings. The van der Waals surface area contributed by atoms with Crippen molar-refractivity contribution in [2.24, 2.45) is 0 Å². The van der Waals surface area contributed by atoms with Crippen LogP contribution in [0.1, 0.15) is 44.6 Å². The van der Waals surface area contributed by atoms with E-state index in [-0.39, 0.29) is 5.91 Å². The average molecular weight is 399 g/mol. The molecule has 0 bridgehead atoms. The van der Waals surface area contributed by atoms with Gasteiger partial charge in [-0.1, -0.05) is 37.0 Å². The molecule has 0 saturated heterocycles. The Morgan fingerprint density at radius 2 is 1.85 bits per heavy atom. The molecule has 1 atom stereocenters. The van der Waals surface area contributed by atoms with Crippen molar-refractivity contribution in [3.05, 3.63) is 29.8 Å². The topological polar surface area (TPSA) is 66.5 Å². The van der Waals surface area contributed by atoms with E-state index in [1.807, 2.05) is 30.8 Å². The van der Waals surface area contributed by atoms with Gasteiger partial charge in [0, 0.05) is 17.5 Å². The Bertz CT molecular complexity index is 683. The van der Waals surface area contributed by atoms with Crippen LogP contribution in [0, 0.1) is 6.92 Å². The molecule has 0 spiro atoms. The van der Waals surface area contributed by atoms with E-state index in [0.29, 0.717) is 17.5 Å². The van der Waals surface area contributed by atoms with Gasteiger partial charge in [0.2, 0.25) is 15.9 Å². The molecule has 2 rings (SSSR count). The van der Waals surface area contributed by atoms with Crippen LogP contribution in [0.5, 0.6) is 0 Å². The van der Waals surface area contributed by atoms with E-state index in [4.69, 9.17) is 0 Å². The highest BCUT2D eigenvalue weighted by Gasteiger charge is 2.28. The second kappa shape index (κ2) is 9.65. The van der Waals surface area contributed by atoms with Crippen molar-refractivity contribution in [3.8, 4) is 0 Å². The number of sulfonamides is 1. The number of carbonyl (C=O) groups excluding carboxylic acids is 1. The van der Waals surface area contributed by atoms with Crippen LogP contribution in [-0.2, 0) is 14.8 Å².